The van der Waals surface area contributed by atoms with Gasteiger partial charge in [0.1, 0.15) is 12.4 Å². The van der Waals surface area contributed by atoms with Gasteiger partial charge in [0.2, 0.25) is 0 Å². The highest BCUT2D eigenvalue weighted by Gasteiger charge is 2.29. The molecule has 3 nitrogen and oxygen atoms in total. The third-order valence-corrected chi connectivity index (χ3v) is 3.28. The van der Waals surface area contributed by atoms with Gasteiger partial charge < -0.3 is 15.5 Å². The fourth-order valence-corrected chi connectivity index (χ4v) is 2.19. The number of aromatic amines is 1. The second kappa shape index (κ2) is 5.29. The number of halogens is 3. The predicted molar refractivity (Wildman–Crippen MR) is 78.5 cm³/mol. The van der Waals surface area contributed by atoms with E-state index in [1.54, 1.807) is 6.07 Å². The summed E-state index contributed by atoms with van der Waals surface area (Å²) in [6, 6.07) is 12.0. The van der Waals surface area contributed by atoms with Crippen molar-refractivity contribution in [1.82, 2.24) is 4.98 Å². The van der Waals surface area contributed by atoms with Crippen LogP contribution in [0, 0.1) is 0 Å². The molecule has 0 aliphatic heterocycles. The van der Waals surface area contributed by atoms with E-state index in [9.17, 15) is 13.2 Å². The van der Waals surface area contributed by atoms with Gasteiger partial charge in [0.15, 0.2) is 0 Å². The highest BCUT2D eigenvalue weighted by molar-refractivity contribution is 5.83. The lowest BCUT2D eigenvalue weighted by molar-refractivity contribution is -0.137. The quantitative estimate of drug-likeness (QED) is 0.707. The van der Waals surface area contributed by atoms with Crippen molar-refractivity contribution in [2.75, 3.05) is 5.73 Å². The van der Waals surface area contributed by atoms with Crippen LogP contribution in [0.25, 0.3) is 10.9 Å². The Morgan fingerprint density at radius 3 is 2.41 bits per heavy atom. The molecule has 0 spiro atoms. The van der Waals surface area contributed by atoms with Crippen molar-refractivity contribution in [2.45, 2.75) is 12.8 Å². The standard InChI is InChI=1S/C16H13F3N2O/c17-16(18,19)11-1-4-14(5-2-11)22-9-13-8-10-7-12(20)3-6-15(10)21-13/h1-8,21H,9,20H2. The van der Waals surface area contributed by atoms with Crippen LogP contribution < -0.4 is 10.5 Å². The van der Waals surface area contributed by atoms with Gasteiger partial charge in [-0.2, -0.15) is 13.2 Å². The van der Waals surface area contributed by atoms with Gasteiger partial charge in [-0.05, 0) is 48.5 Å². The molecule has 0 bridgehead atoms. The number of alkyl halides is 3. The number of nitrogens with one attached hydrogen (secondary N) is 1. The molecule has 114 valence electrons. The number of ether oxygens (including phenoxy) is 1. The van der Waals surface area contributed by atoms with Gasteiger partial charge in [-0.15, -0.1) is 0 Å². The predicted octanol–water partition coefficient (Wildman–Crippen LogP) is 4.35. The number of nitrogens with two attached hydrogens (primary N) is 1. The molecule has 0 saturated heterocycles. The summed E-state index contributed by atoms with van der Waals surface area (Å²) in [7, 11) is 0. The maximum absolute atomic E-state index is 12.5. The molecule has 0 amide bonds. The molecule has 22 heavy (non-hydrogen) atoms. The van der Waals surface area contributed by atoms with Crippen LogP contribution in [0.2, 0.25) is 0 Å². The first-order valence-corrected chi connectivity index (χ1v) is 6.59. The van der Waals surface area contributed by atoms with Crippen molar-refractivity contribution in [1.29, 1.82) is 0 Å². The average Bonchev–Trinajstić information content (AvgIpc) is 2.86. The maximum Gasteiger partial charge on any atom is 0.416 e. The summed E-state index contributed by atoms with van der Waals surface area (Å²) >= 11 is 0. The zero-order chi connectivity index (χ0) is 15.7. The van der Waals surface area contributed by atoms with E-state index in [-0.39, 0.29) is 6.61 Å². The minimum atomic E-state index is -4.34. The number of hydrogen-bond donors (Lipinski definition) is 2. The highest BCUT2D eigenvalue weighted by atomic mass is 19.4. The van der Waals surface area contributed by atoms with Crippen molar-refractivity contribution >= 4 is 16.6 Å². The van der Waals surface area contributed by atoms with Crippen molar-refractivity contribution in [2.24, 2.45) is 0 Å². The monoisotopic (exact) mass is 306 g/mol. The number of rotatable bonds is 3. The largest absolute Gasteiger partial charge is 0.487 e. The molecule has 0 radical (unpaired) electrons. The number of benzene rings is 2. The minimum Gasteiger partial charge on any atom is -0.487 e. The van der Waals surface area contributed by atoms with Gasteiger partial charge in [0.05, 0.1) is 11.3 Å². The van der Waals surface area contributed by atoms with E-state index in [2.05, 4.69) is 4.98 Å². The Morgan fingerprint density at radius 1 is 1.00 bits per heavy atom. The molecular formula is C16H13F3N2O. The molecule has 2 aromatic carbocycles. The molecule has 3 N–H and O–H groups in total. The molecule has 1 aromatic heterocycles. The first-order valence-electron chi connectivity index (χ1n) is 6.59. The number of fused-ring (bicyclic) bond motifs is 1. The van der Waals surface area contributed by atoms with Crippen LogP contribution in [0.1, 0.15) is 11.3 Å². The van der Waals surface area contributed by atoms with Crippen molar-refractivity contribution in [3.63, 3.8) is 0 Å². The lowest BCUT2D eigenvalue weighted by Gasteiger charge is -2.08. The molecule has 6 heteroatoms. The summed E-state index contributed by atoms with van der Waals surface area (Å²) in [6.45, 7) is 0.236. The van der Waals surface area contributed by atoms with Crippen LogP contribution in [-0.2, 0) is 12.8 Å². The molecule has 0 fully saturated rings. The summed E-state index contributed by atoms with van der Waals surface area (Å²) in [4.78, 5) is 3.17. The van der Waals surface area contributed by atoms with Gasteiger partial charge in [-0.25, -0.2) is 0 Å². The molecule has 0 unspecified atom stereocenters. The van der Waals surface area contributed by atoms with Gasteiger partial charge in [0.25, 0.3) is 0 Å². The lowest BCUT2D eigenvalue weighted by atomic mass is 10.2. The third kappa shape index (κ3) is 3.00. The first-order chi connectivity index (χ1) is 10.4. The van der Waals surface area contributed by atoms with E-state index in [1.807, 2.05) is 18.2 Å². The Hall–Kier alpha value is -2.63. The Balaban J connectivity index is 1.71. The summed E-state index contributed by atoms with van der Waals surface area (Å²) < 4.78 is 42.9. The molecule has 1 heterocycles. The van der Waals surface area contributed by atoms with Crippen LogP contribution in [0.15, 0.2) is 48.5 Å². The second-order valence-electron chi connectivity index (χ2n) is 4.95. The van der Waals surface area contributed by atoms with Crippen LogP contribution >= 0.6 is 0 Å². The van der Waals surface area contributed by atoms with Crippen molar-refractivity contribution in [3.8, 4) is 5.75 Å². The van der Waals surface area contributed by atoms with E-state index >= 15 is 0 Å². The zero-order valence-corrected chi connectivity index (χ0v) is 11.4. The normalized spacial score (nSPS) is 11.8. The van der Waals surface area contributed by atoms with Gasteiger partial charge in [-0.3, -0.25) is 0 Å². The fourth-order valence-electron chi connectivity index (χ4n) is 2.19. The molecular weight excluding hydrogens is 293 g/mol. The molecule has 0 aliphatic rings. The number of nitrogen functional groups attached to an aromatic ring is 1. The number of aromatic nitrogens is 1. The van der Waals surface area contributed by atoms with E-state index in [4.69, 9.17) is 10.5 Å². The van der Waals surface area contributed by atoms with E-state index in [0.717, 1.165) is 28.7 Å². The molecule has 3 rings (SSSR count). The minimum absolute atomic E-state index is 0.236. The summed E-state index contributed by atoms with van der Waals surface area (Å²) in [5.74, 6) is 0.381. The first kappa shape index (κ1) is 14.3. The zero-order valence-electron chi connectivity index (χ0n) is 11.4. The number of anilines is 1. The van der Waals surface area contributed by atoms with Gasteiger partial charge >= 0.3 is 6.18 Å². The number of hydrogen-bond acceptors (Lipinski definition) is 2. The third-order valence-electron chi connectivity index (χ3n) is 3.28. The van der Waals surface area contributed by atoms with Gasteiger partial charge in [0, 0.05) is 16.6 Å². The van der Waals surface area contributed by atoms with Gasteiger partial charge in [-0.1, -0.05) is 0 Å². The Labute approximate surface area is 124 Å². The van der Waals surface area contributed by atoms with E-state index in [1.165, 1.54) is 12.1 Å². The SMILES string of the molecule is Nc1ccc2[nH]c(COc3ccc(C(F)(F)F)cc3)cc2c1. The molecule has 0 atom stereocenters. The summed E-state index contributed by atoms with van der Waals surface area (Å²) in [6.07, 6.45) is -4.34. The highest BCUT2D eigenvalue weighted by Crippen LogP contribution is 2.30. The molecule has 0 aliphatic carbocycles. The second-order valence-corrected chi connectivity index (χ2v) is 4.95. The van der Waals surface area contributed by atoms with E-state index < -0.39 is 11.7 Å². The van der Waals surface area contributed by atoms with Crippen LogP contribution in [0.4, 0.5) is 18.9 Å². The lowest BCUT2D eigenvalue weighted by Crippen LogP contribution is -2.04. The Morgan fingerprint density at radius 2 is 1.73 bits per heavy atom. The van der Waals surface area contributed by atoms with Crippen molar-refractivity contribution in [3.05, 3.63) is 59.8 Å². The smallest absolute Gasteiger partial charge is 0.416 e. The van der Waals surface area contributed by atoms with Crippen LogP contribution in [0.3, 0.4) is 0 Å². The van der Waals surface area contributed by atoms with Crippen molar-refractivity contribution < 1.29 is 17.9 Å². The number of H-pyrrole nitrogens is 1. The van der Waals surface area contributed by atoms with Crippen LogP contribution in [-0.4, -0.2) is 4.98 Å². The molecule has 3 aromatic rings. The summed E-state index contributed by atoms with van der Waals surface area (Å²) in [5, 5.41) is 0.964. The Bertz CT molecular complexity index is 791. The topological polar surface area (TPSA) is 51.0 Å². The van der Waals surface area contributed by atoms with E-state index in [0.29, 0.717) is 11.4 Å². The molecule has 0 saturated carbocycles. The summed E-state index contributed by atoms with van der Waals surface area (Å²) in [5.41, 5.74) is 7.44. The average molecular weight is 306 g/mol. The van der Waals surface area contributed by atoms with Crippen LogP contribution in [0.5, 0.6) is 5.75 Å². The maximum atomic E-state index is 12.5. The Kier molecular flexibility index (Phi) is 3.44. The fraction of sp³-hybridized carbons (Fsp3) is 0.125.